The number of hydrogen-bond acceptors (Lipinski definition) is 5. The molecule has 1 saturated heterocycles. The molecular weight excluding hydrogens is 472 g/mol. The van der Waals surface area contributed by atoms with E-state index in [0.29, 0.717) is 19.0 Å². The van der Waals surface area contributed by atoms with E-state index in [1.54, 1.807) is 6.33 Å². The first kappa shape index (κ1) is 27.1. The summed E-state index contributed by atoms with van der Waals surface area (Å²) in [4.78, 5) is 11.8. The molecule has 0 unspecified atom stereocenters. The van der Waals surface area contributed by atoms with Crippen LogP contribution < -0.4 is 15.5 Å². The Labute approximate surface area is 208 Å². The van der Waals surface area contributed by atoms with Gasteiger partial charge in [-0.25, -0.2) is 14.4 Å². The van der Waals surface area contributed by atoms with Gasteiger partial charge in [0.1, 0.15) is 18.8 Å². The quantitative estimate of drug-likeness (QED) is 0.582. The van der Waals surface area contributed by atoms with E-state index in [-0.39, 0.29) is 49.3 Å². The minimum Gasteiger partial charge on any atom is -0.325 e. The number of rotatable bonds is 5. The molecule has 0 radical (unpaired) electrons. The fourth-order valence-corrected chi connectivity index (χ4v) is 5.67. The van der Waals surface area contributed by atoms with Crippen molar-refractivity contribution in [3.8, 4) is 0 Å². The maximum absolute atomic E-state index is 12.7. The summed E-state index contributed by atoms with van der Waals surface area (Å²) in [7, 11) is 0. The smallest absolute Gasteiger partial charge is 0.140 e. The van der Waals surface area contributed by atoms with Crippen LogP contribution in [0.1, 0.15) is 54.5 Å². The lowest BCUT2D eigenvalue weighted by atomic mass is 9.73. The lowest BCUT2D eigenvalue weighted by Crippen LogP contribution is -2.43. The second kappa shape index (κ2) is 11.3. The summed E-state index contributed by atoms with van der Waals surface area (Å²) in [6.45, 7) is 6.14. The fourth-order valence-electron chi connectivity index (χ4n) is 5.67. The highest BCUT2D eigenvalue weighted by Crippen LogP contribution is 2.51. The summed E-state index contributed by atoms with van der Waals surface area (Å²) in [6, 6.07) is 6.60. The molecule has 2 N–H and O–H groups in total. The van der Waals surface area contributed by atoms with Crippen LogP contribution in [-0.2, 0) is 18.4 Å². The van der Waals surface area contributed by atoms with Crippen molar-refractivity contribution in [1.29, 1.82) is 0 Å². The van der Waals surface area contributed by atoms with Crippen LogP contribution in [0.4, 0.5) is 15.9 Å². The van der Waals surface area contributed by atoms with Crippen molar-refractivity contribution in [1.82, 2.24) is 20.6 Å². The van der Waals surface area contributed by atoms with Crippen molar-refractivity contribution in [2.24, 2.45) is 0 Å². The van der Waals surface area contributed by atoms with Crippen molar-refractivity contribution in [3.63, 3.8) is 0 Å². The van der Waals surface area contributed by atoms with E-state index in [2.05, 4.69) is 45.6 Å². The van der Waals surface area contributed by atoms with Gasteiger partial charge in [0, 0.05) is 42.0 Å². The minimum atomic E-state index is -0.332. The van der Waals surface area contributed by atoms with Crippen LogP contribution in [0.15, 0.2) is 24.5 Å². The minimum absolute atomic E-state index is 0. The standard InChI is InChI=1S/C23H30FN5.3ClH/c1-16-5-6-18-20(16)22(28-15-27-18)29-14-23(7-10-25-11-8-23)21-17(13-26-12-9-24)3-2-4-19(21)29;;;/h2-4,15-16,25-26H,5-14H2,1H3;3*1H/t16-;;;/m1.../s1. The summed E-state index contributed by atoms with van der Waals surface area (Å²) in [5, 5.41) is 6.80. The summed E-state index contributed by atoms with van der Waals surface area (Å²) in [6.07, 6.45) is 6.20. The Balaban J connectivity index is 0.00000121. The van der Waals surface area contributed by atoms with E-state index in [1.165, 1.54) is 28.1 Å². The first-order valence-electron chi connectivity index (χ1n) is 10.9. The largest absolute Gasteiger partial charge is 0.325 e. The number of hydrogen-bond donors (Lipinski definition) is 2. The summed E-state index contributed by atoms with van der Waals surface area (Å²) < 4.78 is 12.7. The van der Waals surface area contributed by atoms with E-state index < -0.39 is 0 Å². The normalized spacial score (nSPS) is 20.1. The van der Waals surface area contributed by atoms with E-state index in [4.69, 9.17) is 4.98 Å². The van der Waals surface area contributed by atoms with Crippen molar-refractivity contribution < 1.29 is 4.39 Å². The number of benzene rings is 1. The average Bonchev–Trinajstić information content (AvgIpc) is 3.28. The molecule has 178 valence electrons. The monoisotopic (exact) mass is 503 g/mol. The number of fused-ring (bicyclic) bond motifs is 3. The number of alkyl halides is 1. The zero-order chi connectivity index (χ0) is 19.8. The summed E-state index contributed by atoms with van der Waals surface area (Å²) in [5.41, 5.74) is 6.73. The molecule has 0 amide bonds. The number of aryl methyl sites for hydroxylation is 1. The highest BCUT2D eigenvalue weighted by molar-refractivity contribution is 5.86. The highest BCUT2D eigenvalue weighted by Gasteiger charge is 2.46. The fraction of sp³-hybridized carbons (Fsp3) is 0.565. The molecule has 9 heteroatoms. The number of anilines is 2. The second-order valence-corrected chi connectivity index (χ2v) is 8.79. The van der Waals surface area contributed by atoms with Crippen LogP contribution in [0.5, 0.6) is 0 Å². The number of nitrogens with one attached hydrogen (secondary N) is 2. The Bertz CT molecular complexity index is 907. The van der Waals surface area contributed by atoms with Gasteiger partial charge >= 0.3 is 0 Å². The Morgan fingerprint density at radius 1 is 1.19 bits per heavy atom. The van der Waals surface area contributed by atoms with Crippen LogP contribution in [-0.4, -0.2) is 42.8 Å². The molecule has 0 bridgehead atoms. The molecule has 5 rings (SSSR count). The Morgan fingerprint density at radius 3 is 2.72 bits per heavy atom. The molecule has 2 aliphatic heterocycles. The van der Waals surface area contributed by atoms with Crippen molar-refractivity contribution >= 4 is 48.7 Å². The maximum atomic E-state index is 12.7. The number of halogens is 4. The molecule has 1 aromatic heterocycles. The number of piperidine rings is 1. The molecule has 1 spiro atoms. The summed E-state index contributed by atoms with van der Waals surface area (Å²) in [5.74, 6) is 1.61. The lowest BCUT2D eigenvalue weighted by molar-refractivity contribution is 0.326. The van der Waals surface area contributed by atoms with Crippen LogP contribution >= 0.6 is 37.2 Å². The predicted octanol–water partition coefficient (Wildman–Crippen LogP) is 4.62. The van der Waals surface area contributed by atoms with Crippen LogP contribution in [0.3, 0.4) is 0 Å². The maximum Gasteiger partial charge on any atom is 0.140 e. The molecule has 3 heterocycles. The molecule has 1 aliphatic carbocycles. The third-order valence-corrected chi connectivity index (χ3v) is 7.07. The molecule has 1 atom stereocenters. The molecule has 32 heavy (non-hydrogen) atoms. The molecule has 3 aliphatic rings. The first-order valence-corrected chi connectivity index (χ1v) is 10.9. The third kappa shape index (κ3) is 4.58. The zero-order valence-corrected chi connectivity index (χ0v) is 20.9. The van der Waals surface area contributed by atoms with Gasteiger partial charge in [-0.05, 0) is 61.9 Å². The Morgan fingerprint density at radius 2 is 1.97 bits per heavy atom. The van der Waals surface area contributed by atoms with E-state index in [9.17, 15) is 4.39 Å². The molecule has 1 aromatic carbocycles. The molecule has 2 aromatic rings. The van der Waals surface area contributed by atoms with E-state index >= 15 is 0 Å². The first-order chi connectivity index (χ1) is 14.2. The third-order valence-electron chi connectivity index (χ3n) is 7.07. The van der Waals surface area contributed by atoms with Crippen LogP contribution in [0.25, 0.3) is 0 Å². The molecule has 1 fully saturated rings. The Hall–Kier alpha value is -1.18. The van der Waals surface area contributed by atoms with Gasteiger partial charge < -0.3 is 15.5 Å². The second-order valence-electron chi connectivity index (χ2n) is 8.79. The topological polar surface area (TPSA) is 53.1 Å². The van der Waals surface area contributed by atoms with E-state index in [0.717, 1.165) is 51.1 Å². The molecular formula is C23H33Cl3FN5. The van der Waals surface area contributed by atoms with Gasteiger partial charge in [0.05, 0.1) is 0 Å². The van der Waals surface area contributed by atoms with Gasteiger partial charge in [0.25, 0.3) is 0 Å². The number of nitrogens with zero attached hydrogens (tertiary/aromatic N) is 3. The lowest BCUT2D eigenvalue weighted by Gasteiger charge is -2.36. The van der Waals surface area contributed by atoms with Crippen LogP contribution in [0.2, 0.25) is 0 Å². The summed E-state index contributed by atoms with van der Waals surface area (Å²) >= 11 is 0. The number of aromatic nitrogens is 2. The predicted molar refractivity (Wildman–Crippen MR) is 135 cm³/mol. The molecule has 5 nitrogen and oxygen atoms in total. The van der Waals surface area contributed by atoms with Gasteiger partial charge in [-0.2, -0.15) is 0 Å². The van der Waals surface area contributed by atoms with Gasteiger partial charge in [0.15, 0.2) is 0 Å². The Kier molecular flexibility index (Phi) is 9.56. The van der Waals surface area contributed by atoms with Gasteiger partial charge in [-0.3, -0.25) is 0 Å². The van der Waals surface area contributed by atoms with E-state index in [1.807, 2.05) is 0 Å². The zero-order valence-electron chi connectivity index (χ0n) is 18.4. The van der Waals surface area contributed by atoms with Crippen molar-refractivity contribution in [3.05, 3.63) is 46.9 Å². The van der Waals surface area contributed by atoms with Gasteiger partial charge in [0.2, 0.25) is 0 Å². The van der Waals surface area contributed by atoms with Crippen LogP contribution in [0, 0.1) is 0 Å². The average molecular weight is 505 g/mol. The SMILES string of the molecule is C[C@@H]1CCc2ncnc(N3CC4(CCNCC4)c4c(CNCCF)cccc43)c21.Cl.Cl.Cl. The highest BCUT2D eigenvalue weighted by atomic mass is 35.5. The molecule has 0 saturated carbocycles. The van der Waals surface area contributed by atoms with Gasteiger partial charge in [-0.1, -0.05) is 19.1 Å². The van der Waals surface area contributed by atoms with Crippen molar-refractivity contribution in [2.75, 3.05) is 37.8 Å². The van der Waals surface area contributed by atoms with Crippen molar-refractivity contribution in [2.45, 2.75) is 50.5 Å². The van der Waals surface area contributed by atoms with Gasteiger partial charge in [-0.15, -0.1) is 37.2 Å².